The Kier molecular flexibility index (Phi) is 9.08. The normalized spacial score (nSPS) is 16.4. The van der Waals surface area contributed by atoms with Gasteiger partial charge in [0, 0.05) is 25.2 Å². The lowest BCUT2D eigenvalue weighted by molar-refractivity contribution is -0.123. The summed E-state index contributed by atoms with van der Waals surface area (Å²) in [6.07, 6.45) is 2.54. The lowest BCUT2D eigenvalue weighted by Gasteiger charge is -2.41. The van der Waals surface area contributed by atoms with Gasteiger partial charge in [-0.2, -0.15) is 11.8 Å². The zero-order valence-electron chi connectivity index (χ0n) is 16.8. The molecule has 1 aromatic rings. The van der Waals surface area contributed by atoms with E-state index in [0.29, 0.717) is 36.8 Å². The maximum atomic E-state index is 12.8. The molecule has 1 aliphatic heterocycles. The van der Waals surface area contributed by atoms with Gasteiger partial charge in [-0.25, -0.2) is 0 Å². The monoisotopic (exact) mass is 427 g/mol. The van der Waals surface area contributed by atoms with Crippen molar-refractivity contribution in [2.45, 2.75) is 31.8 Å². The predicted molar refractivity (Wildman–Crippen MR) is 115 cm³/mol. The van der Waals surface area contributed by atoms with Crippen LogP contribution in [-0.2, 0) is 9.53 Å². The van der Waals surface area contributed by atoms with Crippen LogP contribution in [-0.4, -0.2) is 73.2 Å². The van der Waals surface area contributed by atoms with E-state index in [2.05, 4.69) is 29.4 Å². The summed E-state index contributed by atoms with van der Waals surface area (Å²) in [5.74, 6) is 0.267. The summed E-state index contributed by atoms with van der Waals surface area (Å²) in [5.41, 5.74) is 0.190. The zero-order chi connectivity index (χ0) is 20.6. The highest BCUT2D eigenvalue weighted by Gasteiger charge is 2.30. The van der Waals surface area contributed by atoms with E-state index in [1.54, 1.807) is 36.0 Å². The number of carbonyl (C=O) groups excluding carboxylic acids is 2. The fraction of sp³-hybridized carbons (Fsp3) is 0.600. The number of ether oxygens (including phenoxy) is 1. The first kappa shape index (κ1) is 23.0. The first-order valence-electron chi connectivity index (χ1n) is 9.50. The summed E-state index contributed by atoms with van der Waals surface area (Å²) in [6.45, 7) is 7.84. The van der Waals surface area contributed by atoms with Gasteiger partial charge in [0.05, 0.1) is 23.8 Å². The lowest BCUT2D eigenvalue weighted by Crippen LogP contribution is -2.57. The maximum Gasteiger partial charge on any atom is 0.253 e. The SMILES string of the molecule is CSCCC(NC(=O)c1ccccc1Cl)C(=O)NCC(C)(C)N1CCOCC1. The van der Waals surface area contributed by atoms with Gasteiger partial charge in [-0.15, -0.1) is 0 Å². The molecule has 1 atom stereocenters. The molecule has 0 aromatic heterocycles. The van der Waals surface area contributed by atoms with Crippen molar-refractivity contribution in [1.82, 2.24) is 15.5 Å². The van der Waals surface area contributed by atoms with Crippen LogP contribution in [0.2, 0.25) is 5.02 Å². The smallest absolute Gasteiger partial charge is 0.253 e. The molecule has 2 rings (SSSR count). The van der Waals surface area contributed by atoms with E-state index in [1.165, 1.54) is 0 Å². The van der Waals surface area contributed by atoms with E-state index in [0.717, 1.165) is 18.8 Å². The van der Waals surface area contributed by atoms with Gasteiger partial charge in [0.2, 0.25) is 5.91 Å². The van der Waals surface area contributed by atoms with Gasteiger partial charge >= 0.3 is 0 Å². The number of rotatable bonds is 9. The molecule has 1 unspecified atom stereocenters. The molecule has 0 saturated carbocycles. The van der Waals surface area contributed by atoms with Gasteiger partial charge in [-0.05, 0) is 44.4 Å². The molecule has 2 amide bonds. The van der Waals surface area contributed by atoms with Crippen LogP contribution in [0, 0.1) is 0 Å². The maximum absolute atomic E-state index is 12.8. The minimum atomic E-state index is -0.600. The van der Waals surface area contributed by atoms with Crippen LogP contribution in [0.25, 0.3) is 0 Å². The Morgan fingerprint density at radius 3 is 2.61 bits per heavy atom. The molecule has 0 bridgehead atoms. The Labute approximate surface area is 176 Å². The molecule has 0 spiro atoms. The Hall–Kier alpha value is -1.28. The Bertz CT molecular complexity index is 666. The van der Waals surface area contributed by atoms with E-state index >= 15 is 0 Å². The highest BCUT2D eigenvalue weighted by atomic mass is 35.5. The van der Waals surface area contributed by atoms with E-state index in [4.69, 9.17) is 16.3 Å². The quantitative estimate of drug-likeness (QED) is 0.633. The average molecular weight is 428 g/mol. The van der Waals surface area contributed by atoms with Crippen molar-refractivity contribution in [3.05, 3.63) is 34.9 Å². The van der Waals surface area contributed by atoms with Crippen molar-refractivity contribution in [2.24, 2.45) is 0 Å². The molecule has 1 heterocycles. The molecular weight excluding hydrogens is 398 g/mol. The number of amides is 2. The molecule has 1 fully saturated rings. The summed E-state index contributed by atoms with van der Waals surface area (Å²) in [6, 6.07) is 6.24. The first-order valence-corrected chi connectivity index (χ1v) is 11.3. The first-order chi connectivity index (χ1) is 13.3. The van der Waals surface area contributed by atoms with E-state index < -0.39 is 6.04 Å². The van der Waals surface area contributed by atoms with Crippen LogP contribution in [0.5, 0.6) is 0 Å². The molecule has 6 nitrogen and oxygen atoms in total. The summed E-state index contributed by atoms with van der Waals surface area (Å²) in [7, 11) is 0. The minimum absolute atomic E-state index is 0.171. The number of carbonyl (C=O) groups is 2. The second kappa shape index (κ2) is 11.0. The van der Waals surface area contributed by atoms with Crippen LogP contribution >= 0.6 is 23.4 Å². The minimum Gasteiger partial charge on any atom is -0.379 e. The number of benzene rings is 1. The molecule has 2 N–H and O–H groups in total. The average Bonchev–Trinajstić information content (AvgIpc) is 2.70. The third-order valence-electron chi connectivity index (χ3n) is 4.91. The zero-order valence-corrected chi connectivity index (χ0v) is 18.4. The molecule has 156 valence electrons. The fourth-order valence-corrected chi connectivity index (χ4v) is 3.79. The molecule has 28 heavy (non-hydrogen) atoms. The number of hydrogen-bond donors (Lipinski definition) is 2. The molecule has 1 aromatic carbocycles. The molecule has 0 aliphatic carbocycles. The summed E-state index contributed by atoms with van der Waals surface area (Å²) < 4.78 is 5.41. The van der Waals surface area contributed by atoms with Gasteiger partial charge in [-0.3, -0.25) is 14.5 Å². The van der Waals surface area contributed by atoms with Crippen LogP contribution in [0.15, 0.2) is 24.3 Å². The van der Waals surface area contributed by atoms with Crippen LogP contribution in [0.1, 0.15) is 30.6 Å². The van der Waals surface area contributed by atoms with Crippen molar-refractivity contribution in [3.63, 3.8) is 0 Å². The summed E-state index contributed by atoms with van der Waals surface area (Å²) >= 11 is 7.75. The van der Waals surface area contributed by atoms with Crippen molar-refractivity contribution in [3.8, 4) is 0 Å². The summed E-state index contributed by atoms with van der Waals surface area (Å²) in [4.78, 5) is 27.7. The number of nitrogens with zero attached hydrogens (tertiary/aromatic N) is 1. The Morgan fingerprint density at radius 2 is 1.96 bits per heavy atom. The third-order valence-corrected chi connectivity index (χ3v) is 5.89. The molecule has 1 saturated heterocycles. The number of halogens is 1. The Balaban J connectivity index is 1.98. The van der Waals surface area contributed by atoms with Gasteiger partial charge < -0.3 is 15.4 Å². The lowest BCUT2D eigenvalue weighted by atomic mass is 10.0. The predicted octanol–water partition coefficient (Wildman–Crippen LogP) is 2.42. The van der Waals surface area contributed by atoms with Crippen LogP contribution < -0.4 is 10.6 Å². The highest BCUT2D eigenvalue weighted by Crippen LogP contribution is 2.17. The van der Waals surface area contributed by atoms with E-state index in [-0.39, 0.29) is 17.4 Å². The van der Waals surface area contributed by atoms with Crippen molar-refractivity contribution < 1.29 is 14.3 Å². The molecule has 0 radical (unpaired) electrons. The van der Waals surface area contributed by atoms with Crippen molar-refractivity contribution in [2.75, 3.05) is 44.9 Å². The number of morpholine rings is 1. The largest absolute Gasteiger partial charge is 0.379 e. The molecular formula is C20H30ClN3O3S. The van der Waals surface area contributed by atoms with Crippen LogP contribution in [0.4, 0.5) is 0 Å². The van der Waals surface area contributed by atoms with Gasteiger partial charge in [0.15, 0.2) is 0 Å². The molecule has 8 heteroatoms. The summed E-state index contributed by atoms with van der Waals surface area (Å²) in [5, 5.41) is 6.24. The fourth-order valence-electron chi connectivity index (χ4n) is 3.09. The van der Waals surface area contributed by atoms with Crippen molar-refractivity contribution >= 4 is 35.2 Å². The van der Waals surface area contributed by atoms with E-state index in [9.17, 15) is 9.59 Å². The number of nitrogens with one attached hydrogen (secondary N) is 2. The topological polar surface area (TPSA) is 70.7 Å². The third kappa shape index (κ3) is 6.65. The van der Waals surface area contributed by atoms with Crippen molar-refractivity contribution in [1.29, 1.82) is 0 Å². The van der Waals surface area contributed by atoms with Gasteiger partial charge in [0.25, 0.3) is 5.91 Å². The second-order valence-electron chi connectivity index (χ2n) is 7.42. The second-order valence-corrected chi connectivity index (χ2v) is 8.81. The highest BCUT2D eigenvalue weighted by molar-refractivity contribution is 7.98. The Morgan fingerprint density at radius 1 is 1.29 bits per heavy atom. The number of hydrogen-bond acceptors (Lipinski definition) is 5. The standard InChI is InChI=1S/C20H30ClN3O3S/c1-20(2,24-9-11-27-12-10-24)14-22-19(26)17(8-13-28-3)23-18(25)15-6-4-5-7-16(15)21/h4-7,17H,8-14H2,1-3H3,(H,22,26)(H,23,25). The number of thioether (sulfide) groups is 1. The van der Waals surface area contributed by atoms with Gasteiger partial charge in [-0.1, -0.05) is 23.7 Å². The van der Waals surface area contributed by atoms with Gasteiger partial charge in [0.1, 0.15) is 6.04 Å². The molecule has 1 aliphatic rings. The van der Waals surface area contributed by atoms with Crippen LogP contribution in [0.3, 0.4) is 0 Å². The van der Waals surface area contributed by atoms with E-state index in [1.807, 2.05) is 6.26 Å².